The molecule has 3 rings (SSSR count). The van der Waals surface area contributed by atoms with Gasteiger partial charge in [-0.15, -0.1) is 0 Å². The van der Waals surface area contributed by atoms with Gasteiger partial charge in [0, 0.05) is 6.42 Å². The molecule has 1 fully saturated rings. The van der Waals surface area contributed by atoms with Crippen molar-refractivity contribution in [3.8, 4) is 0 Å². The number of hydrogen-bond donors (Lipinski definition) is 1. The van der Waals surface area contributed by atoms with Gasteiger partial charge in [0.1, 0.15) is 0 Å². The molecule has 0 spiro atoms. The highest BCUT2D eigenvalue weighted by molar-refractivity contribution is 6.03. The van der Waals surface area contributed by atoms with Crippen LogP contribution in [-0.2, 0) is 4.79 Å². The molecule has 7 heteroatoms. The van der Waals surface area contributed by atoms with E-state index in [1.807, 2.05) is 13.0 Å². The van der Waals surface area contributed by atoms with Gasteiger partial charge in [-0.3, -0.25) is 4.79 Å². The second-order valence-corrected chi connectivity index (χ2v) is 7.32. The molecule has 1 atom stereocenters. The topological polar surface area (TPSA) is 52.9 Å². The average molecular weight is 368 g/mol. The van der Waals surface area contributed by atoms with Crippen LogP contribution >= 0.6 is 0 Å². The van der Waals surface area contributed by atoms with Crippen molar-refractivity contribution in [1.82, 2.24) is 5.01 Å². The fourth-order valence-corrected chi connectivity index (χ4v) is 3.74. The molecule has 1 aliphatic heterocycles. The van der Waals surface area contributed by atoms with Gasteiger partial charge in [-0.05, 0) is 31.2 Å². The van der Waals surface area contributed by atoms with Crippen LogP contribution < -0.4 is 0 Å². The molecule has 2 aliphatic rings. The minimum absolute atomic E-state index is 0.0109. The summed E-state index contributed by atoms with van der Waals surface area (Å²) in [6, 6.07) is 6.87. The van der Waals surface area contributed by atoms with Crippen LogP contribution in [0.15, 0.2) is 29.4 Å². The molecule has 1 unspecified atom stereocenters. The van der Waals surface area contributed by atoms with Crippen molar-refractivity contribution in [3.05, 3.63) is 35.4 Å². The lowest BCUT2D eigenvalue weighted by Crippen LogP contribution is -2.56. The van der Waals surface area contributed by atoms with Crippen LogP contribution in [-0.4, -0.2) is 33.6 Å². The third kappa shape index (κ3) is 3.63. The highest BCUT2D eigenvalue weighted by atomic mass is 19.4. The van der Waals surface area contributed by atoms with E-state index in [0.29, 0.717) is 5.56 Å². The van der Waals surface area contributed by atoms with Crippen molar-refractivity contribution < 1.29 is 23.1 Å². The summed E-state index contributed by atoms with van der Waals surface area (Å²) in [7, 11) is 0. The zero-order valence-electron chi connectivity index (χ0n) is 14.7. The van der Waals surface area contributed by atoms with Crippen LogP contribution in [0.3, 0.4) is 0 Å². The zero-order valence-corrected chi connectivity index (χ0v) is 14.7. The molecule has 0 bridgehead atoms. The van der Waals surface area contributed by atoms with E-state index in [-0.39, 0.29) is 23.1 Å². The Bertz CT molecular complexity index is 711. The predicted molar refractivity (Wildman–Crippen MR) is 91.4 cm³/mol. The Labute approximate surface area is 150 Å². The van der Waals surface area contributed by atoms with Crippen molar-refractivity contribution in [2.75, 3.05) is 0 Å². The van der Waals surface area contributed by atoms with Gasteiger partial charge in [-0.25, -0.2) is 0 Å². The molecule has 0 radical (unpaired) electrons. The highest BCUT2D eigenvalue weighted by Crippen LogP contribution is 2.42. The first-order valence-electron chi connectivity index (χ1n) is 8.97. The Balaban J connectivity index is 1.88. The summed E-state index contributed by atoms with van der Waals surface area (Å²) in [5.41, 5.74) is -1.85. The summed E-state index contributed by atoms with van der Waals surface area (Å²) in [5, 5.41) is 14.5. The summed E-state index contributed by atoms with van der Waals surface area (Å²) < 4.78 is 40.8. The van der Waals surface area contributed by atoms with E-state index in [4.69, 9.17) is 0 Å². The first kappa shape index (κ1) is 18.9. The van der Waals surface area contributed by atoms with Crippen LogP contribution in [0.5, 0.6) is 0 Å². The Kier molecular flexibility index (Phi) is 5.10. The normalized spacial score (nSPS) is 24.7. The number of hydrazone groups is 1. The molecule has 1 aliphatic carbocycles. The lowest BCUT2D eigenvalue weighted by Gasteiger charge is -2.33. The third-order valence-corrected chi connectivity index (χ3v) is 5.21. The van der Waals surface area contributed by atoms with Crippen LogP contribution in [0, 0.1) is 12.8 Å². The van der Waals surface area contributed by atoms with E-state index < -0.39 is 24.2 Å². The Morgan fingerprint density at radius 1 is 1.31 bits per heavy atom. The van der Waals surface area contributed by atoms with Gasteiger partial charge in [0.25, 0.3) is 5.72 Å². The van der Waals surface area contributed by atoms with Gasteiger partial charge in [0.05, 0.1) is 12.1 Å². The lowest BCUT2D eigenvalue weighted by atomic mass is 9.86. The summed E-state index contributed by atoms with van der Waals surface area (Å²) in [6.45, 7) is 1.82. The van der Waals surface area contributed by atoms with Crippen LogP contribution in [0.25, 0.3) is 0 Å². The van der Waals surface area contributed by atoms with Gasteiger partial charge in [-0.1, -0.05) is 49.1 Å². The first-order valence-corrected chi connectivity index (χ1v) is 8.97. The number of carbonyl (C=O) groups excluding carboxylic acids is 1. The highest BCUT2D eigenvalue weighted by Gasteiger charge is 2.63. The van der Waals surface area contributed by atoms with Gasteiger partial charge in [0.2, 0.25) is 5.91 Å². The fourth-order valence-electron chi connectivity index (χ4n) is 3.74. The number of rotatable bonds is 3. The molecular weight excluding hydrogens is 345 g/mol. The van der Waals surface area contributed by atoms with E-state index in [1.54, 1.807) is 18.2 Å². The van der Waals surface area contributed by atoms with Crippen LogP contribution in [0.1, 0.15) is 56.1 Å². The number of nitrogens with zero attached hydrogens (tertiary/aromatic N) is 2. The smallest absolute Gasteiger partial charge is 0.362 e. The molecule has 142 valence electrons. The molecule has 1 saturated carbocycles. The number of aliphatic hydroxyl groups is 1. The third-order valence-electron chi connectivity index (χ3n) is 5.21. The molecule has 26 heavy (non-hydrogen) atoms. The minimum Gasteiger partial charge on any atom is -0.362 e. The molecule has 1 aromatic carbocycles. The standard InChI is InChI=1S/C19H23F3N2O2/c1-13-6-5-9-15(10-13)16-12-18(26,19(20,21)22)24(23-16)17(25)11-14-7-3-2-4-8-14/h5-6,9-10,14,26H,2-4,7-8,11-12H2,1H3. The van der Waals surface area contributed by atoms with Crippen molar-refractivity contribution in [3.63, 3.8) is 0 Å². The van der Waals surface area contributed by atoms with E-state index in [1.165, 1.54) is 0 Å². The van der Waals surface area contributed by atoms with Crippen molar-refractivity contribution in [1.29, 1.82) is 0 Å². The zero-order chi connectivity index (χ0) is 18.9. The molecule has 1 N–H and O–H groups in total. The fraction of sp³-hybridized carbons (Fsp3) is 0.579. The molecule has 0 aromatic heterocycles. The van der Waals surface area contributed by atoms with Gasteiger partial charge in [0.15, 0.2) is 0 Å². The number of alkyl halides is 3. The van der Waals surface area contributed by atoms with Crippen molar-refractivity contribution >= 4 is 11.6 Å². The SMILES string of the molecule is Cc1cccc(C2=NN(C(=O)CC3CCCCC3)C(O)(C(F)(F)F)C2)c1. The first-order chi connectivity index (χ1) is 12.2. The molecular formula is C19H23F3N2O2. The minimum atomic E-state index is -4.98. The Morgan fingerprint density at radius 2 is 2.00 bits per heavy atom. The summed E-state index contributed by atoms with van der Waals surface area (Å²) >= 11 is 0. The number of amides is 1. The summed E-state index contributed by atoms with van der Waals surface area (Å²) in [5.74, 6) is -0.702. The van der Waals surface area contributed by atoms with E-state index in [9.17, 15) is 23.1 Å². The maximum Gasteiger partial charge on any atom is 0.438 e. The van der Waals surface area contributed by atoms with Crippen molar-refractivity contribution in [2.24, 2.45) is 11.0 Å². The number of benzene rings is 1. The molecule has 1 amide bonds. The maximum atomic E-state index is 13.6. The van der Waals surface area contributed by atoms with E-state index >= 15 is 0 Å². The second-order valence-electron chi connectivity index (χ2n) is 7.32. The summed E-state index contributed by atoms with van der Waals surface area (Å²) in [4.78, 5) is 12.6. The molecule has 4 nitrogen and oxygen atoms in total. The number of aryl methyl sites for hydroxylation is 1. The number of carbonyl (C=O) groups is 1. The largest absolute Gasteiger partial charge is 0.438 e. The Morgan fingerprint density at radius 3 is 2.62 bits per heavy atom. The molecule has 0 saturated heterocycles. The van der Waals surface area contributed by atoms with Crippen LogP contribution in [0.2, 0.25) is 0 Å². The number of hydrogen-bond acceptors (Lipinski definition) is 3. The average Bonchev–Trinajstić information content (AvgIpc) is 2.95. The van der Waals surface area contributed by atoms with Crippen LogP contribution in [0.4, 0.5) is 13.2 Å². The number of halogens is 3. The van der Waals surface area contributed by atoms with Gasteiger partial charge < -0.3 is 5.11 Å². The van der Waals surface area contributed by atoms with Crippen molar-refractivity contribution in [2.45, 2.75) is 63.8 Å². The quantitative estimate of drug-likeness (QED) is 0.871. The van der Waals surface area contributed by atoms with E-state index in [0.717, 1.165) is 37.7 Å². The van der Waals surface area contributed by atoms with Gasteiger partial charge >= 0.3 is 6.18 Å². The lowest BCUT2D eigenvalue weighted by molar-refractivity contribution is -0.302. The Hall–Kier alpha value is -1.89. The van der Waals surface area contributed by atoms with E-state index in [2.05, 4.69) is 5.10 Å². The second kappa shape index (κ2) is 7.02. The maximum absolute atomic E-state index is 13.6. The molecule has 1 heterocycles. The molecule has 1 aromatic rings. The monoisotopic (exact) mass is 368 g/mol. The predicted octanol–water partition coefficient (Wildman–Crippen LogP) is 4.15. The summed E-state index contributed by atoms with van der Waals surface area (Å²) in [6.07, 6.45) is -1.02. The van der Waals surface area contributed by atoms with Gasteiger partial charge in [-0.2, -0.15) is 23.3 Å².